The Kier molecular flexibility index (Phi) is 9.81. The van der Waals surface area contributed by atoms with Crippen LogP contribution in [0.3, 0.4) is 0 Å². The fraction of sp³-hybridized carbons (Fsp3) is 0.481. The first-order valence-corrected chi connectivity index (χ1v) is 12.8. The molecule has 6 nitrogen and oxygen atoms in total. The van der Waals surface area contributed by atoms with Crippen molar-refractivity contribution in [2.75, 3.05) is 14.2 Å². The van der Waals surface area contributed by atoms with E-state index < -0.39 is 6.04 Å². The Morgan fingerprint density at radius 1 is 1.00 bits per heavy atom. The molecule has 1 aliphatic carbocycles. The molecule has 2 amide bonds. The highest BCUT2D eigenvalue weighted by molar-refractivity contribution is 9.10. The number of nitrogens with zero attached hydrogens (tertiary/aromatic N) is 1. The molecule has 34 heavy (non-hydrogen) atoms. The van der Waals surface area contributed by atoms with Gasteiger partial charge in [0.15, 0.2) is 11.5 Å². The normalized spacial score (nSPS) is 14.8. The van der Waals surface area contributed by atoms with Gasteiger partial charge >= 0.3 is 0 Å². The number of rotatable bonds is 10. The zero-order valence-electron chi connectivity index (χ0n) is 20.3. The molecular formula is C27H35BrN2O4. The van der Waals surface area contributed by atoms with Crippen LogP contribution in [-0.2, 0) is 22.6 Å². The zero-order valence-corrected chi connectivity index (χ0v) is 21.9. The van der Waals surface area contributed by atoms with E-state index in [1.54, 1.807) is 19.1 Å². The van der Waals surface area contributed by atoms with E-state index in [0.29, 0.717) is 30.9 Å². The van der Waals surface area contributed by atoms with Gasteiger partial charge in [-0.1, -0.05) is 53.4 Å². The summed E-state index contributed by atoms with van der Waals surface area (Å²) >= 11 is 3.46. The van der Waals surface area contributed by atoms with Crippen LogP contribution in [0, 0.1) is 0 Å². The Morgan fingerprint density at radius 2 is 1.65 bits per heavy atom. The average molecular weight is 531 g/mol. The molecule has 0 bridgehead atoms. The van der Waals surface area contributed by atoms with E-state index in [9.17, 15) is 9.59 Å². The van der Waals surface area contributed by atoms with Crippen LogP contribution in [0.15, 0.2) is 46.9 Å². The molecule has 1 aliphatic rings. The van der Waals surface area contributed by atoms with Crippen LogP contribution in [-0.4, -0.2) is 43.0 Å². The highest BCUT2D eigenvalue weighted by atomic mass is 79.9. The predicted molar refractivity (Wildman–Crippen MR) is 137 cm³/mol. The number of carbonyl (C=O) groups is 2. The number of amides is 2. The summed E-state index contributed by atoms with van der Waals surface area (Å²) in [6, 6.07) is 13.2. The van der Waals surface area contributed by atoms with Crippen molar-refractivity contribution in [3.05, 3.63) is 58.1 Å². The number of nitrogens with one attached hydrogen (secondary N) is 1. The predicted octanol–water partition coefficient (Wildman–Crippen LogP) is 5.27. The first kappa shape index (κ1) is 26.1. The molecule has 1 fully saturated rings. The number of ether oxygens (including phenoxy) is 2. The summed E-state index contributed by atoms with van der Waals surface area (Å²) in [7, 11) is 3.19. The van der Waals surface area contributed by atoms with Crippen molar-refractivity contribution in [1.82, 2.24) is 10.2 Å². The minimum absolute atomic E-state index is 0.0519. The van der Waals surface area contributed by atoms with Gasteiger partial charge in [-0.25, -0.2) is 0 Å². The molecule has 0 spiro atoms. The molecule has 0 radical (unpaired) electrons. The smallest absolute Gasteiger partial charge is 0.242 e. The summed E-state index contributed by atoms with van der Waals surface area (Å²) in [5, 5.41) is 3.18. The molecule has 2 aromatic rings. The van der Waals surface area contributed by atoms with Crippen molar-refractivity contribution in [2.45, 2.75) is 70.5 Å². The van der Waals surface area contributed by atoms with Crippen LogP contribution >= 0.6 is 15.9 Å². The van der Waals surface area contributed by atoms with Gasteiger partial charge in [0.1, 0.15) is 6.04 Å². The molecule has 0 saturated heterocycles. The van der Waals surface area contributed by atoms with Crippen molar-refractivity contribution < 1.29 is 19.1 Å². The second kappa shape index (κ2) is 12.8. The first-order chi connectivity index (χ1) is 16.4. The fourth-order valence-electron chi connectivity index (χ4n) is 4.37. The van der Waals surface area contributed by atoms with Crippen molar-refractivity contribution in [2.24, 2.45) is 0 Å². The molecule has 2 aromatic carbocycles. The molecule has 1 atom stereocenters. The molecule has 1 N–H and O–H groups in total. The van der Waals surface area contributed by atoms with Crippen LogP contribution in [0.1, 0.15) is 56.6 Å². The summed E-state index contributed by atoms with van der Waals surface area (Å²) < 4.78 is 11.7. The molecular weight excluding hydrogens is 496 g/mol. The summed E-state index contributed by atoms with van der Waals surface area (Å²) in [4.78, 5) is 28.2. The fourth-order valence-corrected chi connectivity index (χ4v) is 4.63. The summed E-state index contributed by atoms with van der Waals surface area (Å²) in [5.41, 5.74) is 1.97. The summed E-state index contributed by atoms with van der Waals surface area (Å²) in [6.45, 7) is 2.21. The molecule has 1 saturated carbocycles. The van der Waals surface area contributed by atoms with Crippen LogP contribution < -0.4 is 14.8 Å². The van der Waals surface area contributed by atoms with Crippen LogP contribution in [0.2, 0.25) is 0 Å². The Bertz CT molecular complexity index is 958. The molecule has 3 rings (SSSR count). The van der Waals surface area contributed by atoms with Crippen LogP contribution in [0.5, 0.6) is 11.5 Å². The minimum atomic E-state index is -0.552. The minimum Gasteiger partial charge on any atom is -0.493 e. The summed E-state index contributed by atoms with van der Waals surface area (Å²) in [5.74, 6) is 1.16. The van der Waals surface area contributed by atoms with E-state index in [0.717, 1.165) is 41.3 Å². The van der Waals surface area contributed by atoms with Gasteiger partial charge in [0.05, 0.1) is 14.2 Å². The highest BCUT2D eigenvalue weighted by Gasteiger charge is 2.28. The maximum Gasteiger partial charge on any atom is 0.242 e. The zero-order chi connectivity index (χ0) is 24.5. The van der Waals surface area contributed by atoms with Gasteiger partial charge in [0.2, 0.25) is 11.8 Å². The Morgan fingerprint density at radius 3 is 2.29 bits per heavy atom. The van der Waals surface area contributed by atoms with Gasteiger partial charge < -0.3 is 19.7 Å². The number of benzene rings is 2. The van der Waals surface area contributed by atoms with Crippen LogP contribution in [0.4, 0.5) is 0 Å². The van der Waals surface area contributed by atoms with Crippen LogP contribution in [0.25, 0.3) is 0 Å². The van der Waals surface area contributed by atoms with Gasteiger partial charge in [-0.2, -0.15) is 0 Å². The lowest BCUT2D eigenvalue weighted by Crippen LogP contribution is -2.50. The topological polar surface area (TPSA) is 67.9 Å². The lowest BCUT2D eigenvalue weighted by molar-refractivity contribution is -0.141. The summed E-state index contributed by atoms with van der Waals surface area (Å²) in [6.07, 6.45) is 6.39. The molecule has 0 heterocycles. The van der Waals surface area contributed by atoms with Crippen molar-refractivity contribution in [1.29, 1.82) is 0 Å². The number of carbonyl (C=O) groups excluding carboxylic acids is 2. The Balaban J connectivity index is 1.71. The van der Waals surface area contributed by atoms with Gasteiger partial charge in [0, 0.05) is 23.5 Å². The number of aryl methyl sites for hydroxylation is 1. The molecule has 0 aromatic heterocycles. The lowest BCUT2D eigenvalue weighted by atomic mass is 9.95. The largest absolute Gasteiger partial charge is 0.493 e. The number of methoxy groups -OCH3 is 2. The maximum absolute atomic E-state index is 13.4. The van der Waals surface area contributed by atoms with Crippen molar-refractivity contribution >= 4 is 27.7 Å². The lowest BCUT2D eigenvalue weighted by Gasteiger charge is -2.31. The van der Waals surface area contributed by atoms with Crippen molar-refractivity contribution in [3.8, 4) is 11.5 Å². The van der Waals surface area contributed by atoms with E-state index in [2.05, 4.69) is 21.2 Å². The highest BCUT2D eigenvalue weighted by Crippen LogP contribution is 2.28. The van der Waals surface area contributed by atoms with E-state index in [1.807, 2.05) is 49.4 Å². The maximum atomic E-state index is 13.4. The third-order valence-electron chi connectivity index (χ3n) is 6.46. The molecule has 7 heteroatoms. The first-order valence-electron chi connectivity index (χ1n) is 12.0. The number of hydrogen-bond donors (Lipinski definition) is 1. The number of halogens is 1. The molecule has 0 aliphatic heterocycles. The van der Waals surface area contributed by atoms with Gasteiger partial charge in [-0.05, 0) is 61.6 Å². The SMILES string of the molecule is COc1ccc(CCC(=O)N(Cc2ccc(Br)cc2)[C@@H](C)C(=O)NC2CCCCC2)cc1OC. The van der Waals surface area contributed by atoms with E-state index in [1.165, 1.54) is 6.42 Å². The average Bonchev–Trinajstić information content (AvgIpc) is 2.86. The van der Waals surface area contributed by atoms with Crippen molar-refractivity contribution in [3.63, 3.8) is 0 Å². The monoisotopic (exact) mass is 530 g/mol. The van der Waals surface area contributed by atoms with Gasteiger partial charge in [-0.3, -0.25) is 9.59 Å². The second-order valence-electron chi connectivity index (χ2n) is 8.86. The van der Waals surface area contributed by atoms with E-state index in [-0.39, 0.29) is 17.9 Å². The number of hydrogen-bond acceptors (Lipinski definition) is 4. The molecule has 0 unspecified atom stereocenters. The van der Waals surface area contributed by atoms with Gasteiger partial charge in [0.25, 0.3) is 0 Å². The van der Waals surface area contributed by atoms with E-state index in [4.69, 9.17) is 9.47 Å². The Hall–Kier alpha value is -2.54. The quantitative estimate of drug-likeness (QED) is 0.454. The standard InChI is InChI=1S/C27H35BrN2O4/c1-19(27(32)29-23-7-5-4-6-8-23)30(18-21-9-13-22(28)14-10-21)26(31)16-12-20-11-15-24(33-2)25(17-20)34-3/h9-11,13-15,17,19,23H,4-8,12,16,18H2,1-3H3,(H,29,32)/t19-/m0/s1. The third kappa shape index (κ3) is 7.23. The van der Waals surface area contributed by atoms with E-state index >= 15 is 0 Å². The second-order valence-corrected chi connectivity index (χ2v) is 9.77. The van der Waals surface area contributed by atoms with Gasteiger partial charge in [-0.15, -0.1) is 0 Å². The Labute approximate surface area is 211 Å². The third-order valence-corrected chi connectivity index (χ3v) is 6.99. The molecule has 184 valence electrons.